The molecule has 0 radical (unpaired) electrons. The summed E-state index contributed by atoms with van der Waals surface area (Å²) in [6, 6.07) is 11.6. The largest absolute Gasteiger partial charge is 0.507 e. The number of phenols is 1. The fourth-order valence-electron chi connectivity index (χ4n) is 5.07. The van der Waals surface area contributed by atoms with E-state index in [1.165, 1.54) is 0 Å². The Kier molecular flexibility index (Phi) is 7.79. The van der Waals surface area contributed by atoms with Gasteiger partial charge in [-0.1, -0.05) is 57.7 Å². The third-order valence-corrected chi connectivity index (χ3v) is 6.75. The second-order valence-corrected chi connectivity index (χ2v) is 9.57. The Morgan fingerprint density at radius 1 is 1.06 bits per heavy atom. The standard InChI is InChI=1S/C29H37N3O3/c1-5-7-9-14-32-28(21-12-11-13-22(18-21)35-15-10-8-6-2)25-26(30-31-27(25)29(32)34)24-20(4)16-19(3)17-23(24)33/h11-13,16-18,28,33H,5-10,14-15H2,1-4H3,(H,30,31). The Balaban J connectivity index is 1.77. The van der Waals surface area contributed by atoms with Gasteiger partial charge in [0.1, 0.15) is 22.9 Å². The lowest BCUT2D eigenvalue weighted by Crippen LogP contribution is -2.30. The molecule has 0 aliphatic carbocycles. The molecule has 1 aromatic heterocycles. The Morgan fingerprint density at radius 3 is 2.57 bits per heavy atom. The molecule has 1 aliphatic heterocycles. The minimum Gasteiger partial charge on any atom is -0.507 e. The molecule has 2 aromatic carbocycles. The maximum absolute atomic E-state index is 13.5. The number of fused-ring (bicyclic) bond motifs is 1. The van der Waals surface area contributed by atoms with Crippen molar-refractivity contribution >= 4 is 5.91 Å². The third kappa shape index (κ3) is 5.07. The summed E-state index contributed by atoms with van der Waals surface area (Å²) in [6.45, 7) is 9.62. The first-order valence-electron chi connectivity index (χ1n) is 12.9. The normalized spacial score (nSPS) is 15.0. The zero-order chi connectivity index (χ0) is 24.9. The highest BCUT2D eigenvalue weighted by atomic mass is 16.5. The monoisotopic (exact) mass is 475 g/mol. The van der Waals surface area contributed by atoms with Gasteiger partial charge in [-0.15, -0.1) is 0 Å². The van der Waals surface area contributed by atoms with E-state index >= 15 is 0 Å². The summed E-state index contributed by atoms with van der Waals surface area (Å²) < 4.78 is 6.04. The summed E-state index contributed by atoms with van der Waals surface area (Å²) >= 11 is 0. The first-order valence-corrected chi connectivity index (χ1v) is 12.9. The highest BCUT2D eigenvalue weighted by molar-refractivity contribution is 6.00. The number of aromatic nitrogens is 2. The van der Waals surface area contributed by atoms with E-state index in [9.17, 15) is 9.90 Å². The molecule has 0 bridgehead atoms. The molecule has 1 aliphatic rings. The smallest absolute Gasteiger partial charge is 0.273 e. The van der Waals surface area contributed by atoms with E-state index in [-0.39, 0.29) is 17.7 Å². The summed E-state index contributed by atoms with van der Waals surface area (Å²) in [7, 11) is 0. The Hall–Kier alpha value is -3.28. The quantitative estimate of drug-likeness (QED) is 0.302. The third-order valence-electron chi connectivity index (χ3n) is 6.75. The van der Waals surface area contributed by atoms with Crippen LogP contribution in [-0.2, 0) is 0 Å². The van der Waals surface area contributed by atoms with Gasteiger partial charge in [0.25, 0.3) is 5.91 Å². The van der Waals surface area contributed by atoms with Gasteiger partial charge in [-0.3, -0.25) is 9.89 Å². The minimum atomic E-state index is -0.289. The van der Waals surface area contributed by atoms with Crippen molar-refractivity contribution in [3.8, 4) is 22.8 Å². The Morgan fingerprint density at radius 2 is 1.83 bits per heavy atom. The second kappa shape index (κ2) is 11.0. The van der Waals surface area contributed by atoms with E-state index in [1.807, 2.05) is 43.0 Å². The van der Waals surface area contributed by atoms with Gasteiger partial charge in [-0.25, -0.2) is 0 Å². The van der Waals surface area contributed by atoms with Crippen LogP contribution in [0.2, 0.25) is 0 Å². The molecular formula is C29H37N3O3. The second-order valence-electron chi connectivity index (χ2n) is 9.57. The van der Waals surface area contributed by atoms with E-state index in [2.05, 4.69) is 30.1 Å². The van der Waals surface area contributed by atoms with Crippen molar-refractivity contribution < 1.29 is 14.6 Å². The number of amides is 1. The van der Waals surface area contributed by atoms with Gasteiger partial charge in [0.15, 0.2) is 0 Å². The number of carbonyl (C=O) groups excluding carboxylic acids is 1. The first kappa shape index (κ1) is 24.8. The number of ether oxygens (including phenoxy) is 1. The number of aromatic hydroxyl groups is 1. The van der Waals surface area contributed by atoms with E-state index in [4.69, 9.17) is 4.74 Å². The molecule has 1 unspecified atom stereocenters. The van der Waals surface area contributed by atoms with Crippen LogP contribution < -0.4 is 4.74 Å². The van der Waals surface area contributed by atoms with Crippen molar-refractivity contribution in [2.45, 2.75) is 72.3 Å². The molecule has 1 atom stereocenters. The molecular weight excluding hydrogens is 438 g/mol. The predicted octanol–water partition coefficient (Wildman–Crippen LogP) is 6.70. The molecule has 0 saturated carbocycles. The Bertz CT molecular complexity index is 1160. The minimum absolute atomic E-state index is 0.0432. The van der Waals surface area contributed by atoms with Crippen molar-refractivity contribution in [2.75, 3.05) is 13.2 Å². The molecule has 6 heteroatoms. The van der Waals surface area contributed by atoms with Crippen molar-refractivity contribution in [2.24, 2.45) is 0 Å². The van der Waals surface area contributed by atoms with E-state index in [1.54, 1.807) is 6.07 Å². The summed E-state index contributed by atoms with van der Waals surface area (Å²) in [4.78, 5) is 15.5. The molecule has 2 heterocycles. The zero-order valence-corrected chi connectivity index (χ0v) is 21.4. The van der Waals surface area contributed by atoms with Crippen molar-refractivity contribution in [3.05, 3.63) is 64.3 Å². The topological polar surface area (TPSA) is 78.5 Å². The van der Waals surface area contributed by atoms with Gasteiger partial charge < -0.3 is 14.7 Å². The number of benzene rings is 2. The fraction of sp³-hybridized carbons (Fsp3) is 0.448. The lowest BCUT2D eigenvalue weighted by Gasteiger charge is -2.27. The predicted molar refractivity (Wildman–Crippen MR) is 139 cm³/mol. The van der Waals surface area contributed by atoms with Crippen LogP contribution in [0.1, 0.15) is 91.2 Å². The summed E-state index contributed by atoms with van der Waals surface area (Å²) in [6.07, 6.45) is 6.40. The Labute approximate surface area is 208 Å². The number of aromatic amines is 1. The number of nitrogens with one attached hydrogen (secondary N) is 1. The lowest BCUT2D eigenvalue weighted by atomic mass is 9.93. The molecule has 2 N–H and O–H groups in total. The van der Waals surface area contributed by atoms with Crippen LogP contribution >= 0.6 is 0 Å². The van der Waals surface area contributed by atoms with Crippen LogP contribution in [0.4, 0.5) is 0 Å². The molecule has 1 amide bonds. The van der Waals surface area contributed by atoms with Crippen molar-refractivity contribution in [1.29, 1.82) is 0 Å². The molecule has 0 fully saturated rings. The van der Waals surface area contributed by atoms with Gasteiger partial charge in [-0.05, 0) is 61.6 Å². The zero-order valence-electron chi connectivity index (χ0n) is 21.4. The molecule has 0 spiro atoms. The van der Waals surface area contributed by atoms with Gasteiger partial charge in [0.05, 0.1) is 12.6 Å². The lowest BCUT2D eigenvalue weighted by molar-refractivity contribution is 0.0740. The number of nitrogens with zero attached hydrogens (tertiary/aromatic N) is 2. The van der Waals surface area contributed by atoms with Crippen LogP contribution in [0.3, 0.4) is 0 Å². The van der Waals surface area contributed by atoms with E-state index in [0.717, 1.165) is 66.5 Å². The van der Waals surface area contributed by atoms with Crippen LogP contribution in [-0.4, -0.2) is 39.3 Å². The average Bonchev–Trinajstić information content (AvgIpc) is 3.36. The van der Waals surface area contributed by atoms with Crippen molar-refractivity contribution in [3.63, 3.8) is 0 Å². The SMILES string of the molecule is CCCCCOc1cccc(C2c3c(-c4c(C)cc(C)cc4O)n[nH]c3C(=O)N2CCCCC)c1. The van der Waals surface area contributed by atoms with Gasteiger partial charge >= 0.3 is 0 Å². The number of carbonyl (C=O) groups is 1. The van der Waals surface area contributed by atoms with Gasteiger partial charge in [0.2, 0.25) is 0 Å². The van der Waals surface area contributed by atoms with Crippen LogP contribution in [0, 0.1) is 13.8 Å². The van der Waals surface area contributed by atoms with Crippen LogP contribution in [0.25, 0.3) is 11.3 Å². The molecule has 6 nitrogen and oxygen atoms in total. The van der Waals surface area contributed by atoms with E-state index < -0.39 is 0 Å². The highest BCUT2D eigenvalue weighted by Gasteiger charge is 2.42. The fourth-order valence-corrected chi connectivity index (χ4v) is 5.07. The number of rotatable bonds is 11. The summed E-state index contributed by atoms with van der Waals surface area (Å²) in [5.74, 6) is 0.950. The summed E-state index contributed by atoms with van der Waals surface area (Å²) in [5, 5.41) is 18.4. The van der Waals surface area contributed by atoms with Crippen LogP contribution in [0.15, 0.2) is 36.4 Å². The molecule has 3 aromatic rings. The number of H-pyrrole nitrogens is 1. The van der Waals surface area contributed by atoms with Gasteiger partial charge in [-0.2, -0.15) is 5.10 Å². The molecule has 186 valence electrons. The number of aryl methyl sites for hydroxylation is 2. The maximum atomic E-state index is 13.5. The first-order chi connectivity index (χ1) is 17.0. The van der Waals surface area contributed by atoms with Crippen LogP contribution in [0.5, 0.6) is 11.5 Å². The number of unbranched alkanes of at least 4 members (excludes halogenated alkanes) is 4. The average molecular weight is 476 g/mol. The molecule has 4 rings (SSSR count). The number of hydrogen-bond acceptors (Lipinski definition) is 4. The summed E-state index contributed by atoms with van der Waals surface area (Å²) in [5.41, 5.74) is 5.56. The van der Waals surface area contributed by atoms with Crippen molar-refractivity contribution in [1.82, 2.24) is 15.1 Å². The number of phenolic OH excluding ortho intramolecular Hbond substituents is 1. The molecule has 0 saturated heterocycles. The number of hydrogen-bond donors (Lipinski definition) is 2. The molecule has 35 heavy (non-hydrogen) atoms. The van der Waals surface area contributed by atoms with E-state index in [0.29, 0.717) is 30.1 Å². The maximum Gasteiger partial charge on any atom is 0.273 e. The highest BCUT2D eigenvalue weighted by Crippen LogP contribution is 2.46. The van der Waals surface area contributed by atoms with Gasteiger partial charge in [0, 0.05) is 17.7 Å².